The number of rotatable bonds is 4. The Kier molecular flexibility index (Phi) is 5.16. The number of carbonyl (C=O) groups excluding carboxylic acids is 1. The number of hydrogen-bond donors (Lipinski definition) is 2. The SMILES string of the molecule is NC(=S)c1ccc(CNC(=O)c2cc(Cl)sc2Cl)c(F)c1. The lowest BCUT2D eigenvalue weighted by molar-refractivity contribution is 0.0951. The Morgan fingerprint density at radius 1 is 1.38 bits per heavy atom. The molecular weight excluding hydrogens is 354 g/mol. The van der Waals surface area contributed by atoms with E-state index in [1.165, 1.54) is 18.2 Å². The Bertz CT molecular complexity index is 718. The van der Waals surface area contributed by atoms with Gasteiger partial charge in [-0.25, -0.2) is 4.39 Å². The molecule has 0 unspecified atom stereocenters. The normalized spacial score (nSPS) is 10.4. The zero-order chi connectivity index (χ0) is 15.6. The van der Waals surface area contributed by atoms with E-state index in [0.717, 1.165) is 11.3 Å². The second kappa shape index (κ2) is 6.70. The summed E-state index contributed by atoms with van der Waals surface area (Å²) in [5.41, 5.74) is 6.44. The molecular formula is C13H9Cl2FN2OS2. The third kappa shape index (κ3) is 3.91. The Labute approximate surface area is 139 Å². The quantitative estimate of drug-likeness (QED) is 0.814. The molecule has 3 N–H and O–H groups in total. The maximum absolute atomic E-state index is 13.8. The molecule has 1 heterocycles. The van der Waals surface area contributed by atoms with Crippen molar-refractivity contribution in [3.05, 3.63) is 55.4 Å². The van der Waals surface area contributed by atoms with Gasteiger partial charge < -0.3 is 11.1 Å². The lowest BCUT2D eigenvalue weighted by Gasteiger charge is -2.07. The molecule has 8 heteroatoms. The second-order valence-corrected chi connectivity index (χ2v) is 6.82. The molecule has 2 rings (SSSR count). The van der Waals surface area contributed by atoms with Crippen molar-refractivity contribution in [3.8, 4) is 0 Å². The average Bonchev–Trinajstić information content (AvgIpc) is 2.75. The number of carbonyl (C=O) groups is 1. The highest BCUT2D eigenvalue weighted by atomic mass is 35.5. The van der Waals surface area contributed by atoms with Crippen LogP contribution in [0, 0.1) is 5.82 Å². The molecule has 0 bridgehead atoms. The number of benzene rings is 1. The van der Waals surface area contributed by atoms with E-state index < -0.39 is 11.7 Å². The summed E-state index contributed by atoms with van der Waals surface area (Å²) in [6.07, 6.45) is 0. The molecule has 0 radical (unpaired) electrons. The molecule has 1 aromatic carbocycles. The first kappa shape index (κ1) is 16.2. The van der Waals surface area contributed by atoms with Crippen LogP contribution in [0.4, 0.5) is 4.39 Å². The zero-order valence-electron chi connectivity index (χ0n) is 10.5. The van der Waals surface area contributed by atoms with Crippen LogP contribution in [-0.2, 0) is 6.54 Å². The third-order valence-electron chi connectivity index (χ3n) is 2.68. The van der Waals surface area contributed by atoms with Crippen molar-refractivity contribution < 1.29 is 9.18 Å². The van der Waals surface area contributed by atoms with Gasteiger partial charge in [-0.3, -0.25) is 4.79 Å². The fraction of sp³-hybridized carbons (Fsp3) is 0.0769. The number of amides is 1. The molecule has 0 aliphatic heterocycles. The molecule has 0 spiro atoms. The lowest BCUT2D eigenvalue weighted by atomic mass is 10.1. The van der Waals surface area contributed by atoms with Crippen LogP contribution in [0.15, 0.2) is 24.3 Å². The van der Waals surface area contributed by atoms with Gasteiger partial charge in [0.2, 0.25) is 0 Å². The highest BCUT2D eigenvalue weighted by Gasteiger charge is 2.14. The predicted molar refractivity (Wildman–Crippen MR) is 87.8 cm³/mol. The molecule has 110 valence electrons. The first-order chi connectivity index (χ1) is 9.88. The fourth-order valence-corrected chi connectivity index (χ4v) is 3.20. The van der Waals surface area contributed by atoms with Gasteiger partial charge in [-0.15, -0.1) is 11.3 Å². The van der Waals surface area contributed by atoms with Crippen LogP contribution in [0.5, 0.6) is 0 Å². The number of nitrogens with one attached hydrogen (secondary N) is 1. The van der Waals surface area contributed by atoms with Crippen LogP contribution in [0.1, 0.15) is 21.5 Å². The summed E-state index contributed by atoms with van der Waals surface area (Å²) in [6.45, 7) is 0.0199. The summed E-state index contributed by atoms with van der Waals surface area (Å²) < 4.78 is 14.5. The summed E-state index contributed by atoms with van der Waals surface area (Å²) in [5, 5.41) is 2.58. The van der Waals surface area contributed by atoms with Crippen LogP contribution >= 0.6 is 46.8 Å². The Morgan fingerprint density at radius 2 is 2.10 bits per heavy atom. The monoisotopic (exact) mass is 362 g/mol. The van der Waals surface area contributed by atoms with Crippen molar-refractivity contribution in [2.45, 2.75) is 6.54 Å². The van der Waals surface area contributed by atoms with E-state index >= 15 is 0 Å². The maximum Gasteiger partial charge on any atom is 0.253 e. The summed E-state index contributed by atoms with van der Waals surface area (Å²) in [5.74, 6) is -0.906. The van der Waals surface area contributed by atoms with Gasteiger partial charge in [-0.1, -0.05) is 47.6 Å². The molecule has 2 aromatic rings. The van der Waals surface area contributed by atoms with Gasteiger partial charge in [0, 0.05) is 17.7 Å². The number of thiocarbonyl (C=S) groups is 1. The average molecular weight is 363 g/mol. The highest BCUT2D eigenvalue weighted by Crippen LogP contribution is 2.31. The Balaban J connectivity index is 2.08. The molecule has 0 saturated heterocycles. The summed E-state index contributed by atoms with van der Waals surface area (Å²) in [4.78, 5) is 12.0. The number of halogens is 3. The van der Waals surface area contributed by atoms with E-state index in [2.05, 4.69) is 5.32 Å². The van der Waals surface area contributed by atoms with Crippen molar-refractivity contribution in [1.82, 2.24) is 5.32 Å². The van der Waals surface area contributed by atoms with Crippen molar-refractivity contribution in [2.75, 3.05) is 0 Å². The minimum absolute atomic E-state index is 0.0199. The second-order valence-electron chi connectivity index (χ2n) is 4.09. The molecule has 0 atom stereocenters. The van der Waals surface area contributed by atoms with Gasteiger partial charge in [0.15, 0.2) is 0 Å². The van der Waals surface area contributed by atoms with E-state index in [1.54, 1.807) is 6.07 Å². The molecule has 0 fully saturated rings. The van der Waals surface area contributed by atoms with Crippen LogP contribution in [-0.4, -0.2) is 10.9 Å². The van der Waals surface area contributed by atoms with Gasteiger partial charge in [-0.05, 0) is 12.1 Å². The first-order valence-corrected chi connectivity index (χ1v) is 7.68. The van der Waals surface area contributed by atoms with Crippen molar-refractivity contribution in [3.63, 3.8) is 0 Å². The molecule has 21 heavy (non-hydrogen) atoms. The van der Waals surface area contributed by atoms with Gasteiger partial charge in [0.25, 0.3) is 5.91 Å². The maximum atomic E-state index is 13.8. The van der Waals surface area contributed by atoms with Crippen molar-refractivity contribution >= 4 is 57.7 Å². The minimum atomic E-state index is -0.491. The molecule has 1 amide bonds. The number of nitrogens with two attached hydrogens (primary N) is 1. The van der Waals surface area contributed by atoms with Crippen LogP contribution in [0.2, 0.25) is 8.67 Å². The van der Waals surface area contributed by atoms with Gasteiger partial charge in [0.05, 0.1) is 9.90 Å². The molecule has 0 saturated carbocycles. The van der Waals surface area contributed by atoms with Crippen LogP contribution in [0.25, 0.3) is 0 Å². The van der Waals surface area contributed by atoms with Crippen molar-refractivity contribution in [2.24, 2.45) is 5.73 Å². The van der Waals surface area contributed by atoms with Gasteiger partial charge in [-0.2, -0.15) is 0 Å². The standard InChI is InChI=1S/C13H9Cl2FN2OS2/c14-10-4-8(11(15)21-10)13(19)18-5-7-2-1-6(12(17)20)3-9(7)16/h1-4H,5H2,(H2,17,20)(H,18,19). The first-order valence-electron chi connectivity index (χ1n) is 5.69. The molecule has 3 nitrogen and oxygen atoms in total. The molecule has 1 aromatic heterocycles. The van der Waals surface area contributed by atoms with Crippen molar-refractivity contribution in [1.29, 1.82) is 0 Å². The Morgan fingerprint density at radius 3 is 2.62 bits per heavy atom. The van der Waals surface area contributed by atoms with E-state index in [9.17, 15) is 9.18 Å². The van der Waals surface area contributed by atoms with Gasteiger partial charge in [0.1, 0.15) is 15.1 Å². The summed E-state index contributed by atoms with van der Waals surface area (Å²) >= 11 is 17.5. The molecule has 0 aliphatic carbocycles. The molecule has 0 aliphatic rings. The third-order valence-corrected chi connectivity index (χ3v) is 4.40. The zero-order valence-corrected chi connectivity index (χ0v) is 13.6. The highest BCUT2D eigenvalue weighted by molar-refractivity contribution is 7.80. The summed E-state index contributed by atoms with van der Waals surface area (Å²) in [6, 6.07) is 5.82. The van der Waals surface area contributed by atoms with E-state index in [1.807, 2.05) is 0 Å². The minimum Gasteiger partial charge on any atom is -0.389 e. The number of thiophene rings is 1. The summed E-state index contributed by atoms with van der Waals surface area (Å²) in [7, 11) is 0. The topological polar surface area (TPSA) is 55.1 Å². The van der Waals surface area contributed by atoms with E-state index in [4.69, 9.17) is 41.2 Å². The fourth-order valence-electron chi connectivity index (χ4n) is 1.61. The lowest BCUT2D eigenvalue weighted by Crippen LogP contribution is -2.23. The Hall–Kier alpha value is -1.21. The smallest absolute Gasteiger partial charge is 0.253 e. The van der Waals surface area contributed by atoms with E-state index in [0.29, 0.717) is 19.8 Å². The van der Waals surface area contributed by atoms with E-state index in [-0.39, 0.29) is 17.1 Å². The predicted octanol–water partition coefficient (Wildman–Crippen LogP) is 3.76. The largest absolute Gasteiger partial charge is 0.389 e. The van der Waals surface area contributed by atoms with Gasteiger partial charge >= 0.3 is 0 Å². The van der Waals surface area contributed by atoms with Crippen LogP contribution < -0.4 is 11.1 Å². The number of hydrogen-bond acceptors (Lipinski definition) is 3. The van der Waals surface area contributed by atoms with Crippen LogP contribution in [0.3, 0.4) is 0 Å².